The topological polar surface area (TPSA) is 105 Å². The van der Waals surface area contributed by atoms with Crippen LogP contribution < -0.4 is 20.9 Å². The first kappa shape index (κ1) is 23.4. The molecule has 0 aliphatic heterocycles. The second-order valence-corrected chi connectivity index (χ2v) is 7.12. The van der Waals surface area contributed by atoms with Crippen molar-refractivity contribution in [2.75, 3.05) is 49.4 Å². The van der Waals surface area contributed by atoms with Gasteiger partial charge >= 0.3 is 0 Å². The number of carbonyl (C=O) groups is 2. The molecule has 8 nitrogen and oxygen atoms in total. The van der Waals surface area contributed by atoms with Gasteiger partial charge in [0, 0.05) is 24.2 Å². The second kappa shape index (κ2) is 10.8. The van der Waals surface area contributed by atoms with Crippen LogP contribution in [-0.4, -0.2) is 61.2 Å². The molecule has 1 aliphatic rings. The van der Waals surface area contributed by atoms with Gasteiger partial charge in [-0.15, -0.1) is 13.2 Å². The van der Waals surface area contributed by atoms with E-state index in [1.54, 1.807) is 58.6 Å². The van der Waals surface area contributed by atoms with Crippen LogP contribution in [0.2, 0.25) is 0 Å². The third-order valence-corrected chi connectivity index (χ3v) is 5.07. The quantitative estimate of drug-likeness (QED) is 0.250. The molecule has 1 aliphatic carbocycles. The Morgan fingerprint density at radius 1 is 0.750 bits per heavy atom. The molecule has 0 aromatic heterocycles. The number of ketones is 2. The van der Waals surface area contributed by atoms with E-state index in [-0.39, 0.29) is 49.0 Å². The van der Waals surface area contributed by atoms with Gasteiger partial charge in [0.1, 0.15) is 0 Å². The highest BCUT2D eigenvalue weighted by Gasteiger charge is 2.36. The molecule has 0 atom stereocenters. The van der Waals surface area contributed by atoms with Crippen LogP contribution in [0.5, 0.6) is 0 Å². The summed E-state index contributed by atoms with van der Waals surface area (Å²) in [7, 11) is 0. The lowest BCUT2D eigenvalue weighted by molar-refractivity contribution is 0.0979. The van der Waals surface area contributed by atoms with Crippen LogP contribution in [0.1, 0.15) is 31.8 Å². The first-order chi connectivity index (χ1) is 15.6. The molecule has 2 aromatic rings. The summed E-state index contributed by atoms with van der Waals surface area (Å²) in [4.78, 5) is 27.2. The molecule has 0 bridgehead atoms. The highest BCUT2D eigenvalue weighted by atomic mass is 16.3. The fraction of sp³-hybridized carbons (Fsp3) is 0.250. The molecule has 0 heterocycles. The van der Waals surface area contributed by atoms with Gasteiger partial charge in [-0.3, -0.25) is 9.59 Å². The average Bonchev–Trinajstić information content (AvgIpc) is 2.82. The Morgan fingerprint density at radius 2 is 1.16 bits per heavy atom. The maximum atomic E-state index is 13.6. The van der Waals surface area contributed by atoms with Gasteiger partial charge < -0.3 is 20.2 Å². The average molecular weight is 437 g/mol. The summed E-state index contributed by atoms with van der Waals surface area (Å²) in [5.41, 5.74) is 8.44. The van der Waals surface area contributed by atoms with E-state index in [4.69, 9.17) is 0 Å². The third-order valence-electron chi connectivity index (χ3n) is 5.07. The predicted octanol–water partition coefficient (Wildman–Crippen LogP) is 1.44. The molecule has 32 heavy (non-hydrogen) atoms. The van der Waals surface area contributed by atoms with Crippen molar-refractivity contribution in [3.05, 3.63) is 84.0 Å². The molecule has 0 saturated heterocycles. The van der Waals surface area contributed by atoms with Crippen LogP contribution in [0, 0.1) is 0 Å². The van der Waals surface area contributed by atoms with E-state index in [0.717, 1.165) is 0 Å². The van der Waals surface area contributed by atoms with Gasteiger partial charge in [-0.2, -0.15) is 0 Å². The third kappa shape index (κ3) is 4.49. The summed E-state index contributed by atoms with van der Waals surface area (Å²) < 4.78 is 0. The molecule has 8 heteroatoms. The van der Waals surface area contributed by atoms with Crippen molar-refractivity contribution in [1.29, 1.82) is 0 Å². The molecule has 0 spiro atoms. The Morgan fingerprint density at radius 3 is 1.50 bits per heavy atom. The van der Waals surface area contributed by atoms with Gasteiger partial charge in [0.05, 0.1) is 48.8 Å². The smallest absolute Gasteiger partial charge is 0.196 e. The first-order valence-corrected chi connectivity index (χ1v) is 10.4. The Balaban J connectivity index is 2.25. The second-order valence-electron chi connectivity index (χ2n) is 7.12. The number of hydrazine groups is 2. The molecule has 3 rings (SSSR count). The van der Waals surface area contributed by atoms with Gasteiger partial charge in [-0.1, -0.05) is 36.4 Å². The van der Waals surface area contributed by atoms with Crippen molar-refractivity contribution >= 4 is 22.9 Å². The lowest BCUT2D eigenvalue weighted by atomic mass is 9.82. The van der Waals surface area contributed by atoms with Crippen molar-refractivity contribution in [2.24, 2.45) is 0 Å². The Hall–Kier alpha value is -3.30. The number of hydrogen-bond acceptors (Lipinski definition) is 8. The van der Waals surface area contributed by atoms with Crippen LogP contribution in [0.25, 0.3) is 0 Å². The predicted molar refractivity (Wildman–Crippen MR) is 125 cm³/mol. The summed E-state index contributed by atoms with van der Waals surface area (Å²) in [5.74, 6) is -0.514. The van der Waals surface area contributed by atoms with Gasteiger partial charge in [0.2, 0.25) is 0 Å². The molecule has 0 saturated carbocycles. The minimum atomic E-state index is -0.257. The SMILES string of the molecule is C=CCN(NCCO)c1ccc(N(CC=C)NCCO)c2c1C(=O)c1ccccc1C2=O. The van der Waals surface area contributed by atoms with Crippen molar-refractivity contribution in [1.82, 2.24) is 10.9 Å². The van der Waals surface area contributed by atoms with Crippen molar-refractivity contribution in [2.45, 2.75) is 0 Å². The number of anilines is 2. The largest absolute Gasteiger partial charge is 0.395 e. The molecule has 0 fully saturated rings. The number of benzene rings is 2. The minimum Gasteiger partial charge on any atom is -0.395 e. The fourth-order valence-corrected chi connectivity index (χ4v) is 3.76. The number of nitrogens with one attached hydrogen (secondary N) is 2. The summed E-state index contributed by atoms with van der Waals surface area (Å²) in [6.45, 7) is 8.60. The molecular weight excluding hydrogens is 408 g/mol. The summed E-state index contributed by atoms with van der Waals surface area (Å²) in [5, 5.41) is 21.9. The number of fused-ring (bicyclic) bond motifs is 2. The first-order valence-electron chi connectivity index (χ1n) is 10.4. The van der Waals surface area contributed by atoms with E-state index in [9.17, 15) is 19.8 Å². The Labute approximate surface area is 187 Å². The molecular formula is C24H28N4O4. The van der Waals surface area contributed by atoms with E-state index < -0.39 is 0 Å². The van der Waals surface area contributed by atoms with Crippen molar-refractivity contribution in [3.8, 4) is 0 Å². The Bertz CT molecular complexity index is 941. The molecule has 168 valence electrons. The van der Waals surface area contributed by atoms with E-state index in [1.165, 1.54) is 0 Å². The highest BCUT2D eigenvalue weighted by Crippen LogP contribution is 2.38. The van der Waals surface area contributed by atoms with Crippen LogP contribution >= 0.6 is 0 Å². The van der Waals surface area contributed by atoms with E-state index >= 15 is 0 Å². The number of aliphatic hydroxyl groups excluding tert-OH is 2. The van der Waals surface area contributed by atoms with Crippen molar-refractivity contribution < 1.29 is 19.8 Å². The zero-order chi connectivity index (χ0) is 23.1. The molecule has 0 unspecified atom stereocenters. The highest BCUT2D eigenvalue weighted by molar-refractivity contribution is 6.32. The number of nitrogens with zero attached hydrogens (tertiary/aromatic N) is 2. The van der Waals surface area contributed by atoms with Crippen LogP contribution in [-0.2, 0) is 0 Å². The van der Waals surface area contributed by atoms with Gasteiger partial charge in [0.25, 0.3) is 0 Å². The van der Waals surface area contributed by atoms with Gasteiger partial charge in [0.15, 0.2) is 11.6 Å². The van der Waals surface area contributed by atoms with Gasteiger partial charge in [-0.05, 0) is 12.1 Å². The molecule has 4 N–H and O–H groups in total. The standard InChI is InChI=1S/C24H28N4O4/c1-3-13-27(25-11-15-29)19-9-10-20(28(14-4-2)26-12-16-30)22-21(19)23(31)17-7-5-6-8-18(17)24(22)32/h3-10,25-26,29-30H,1-2,11-16H2. The Kier molecular flexibility index (Phi) is 7.91. The monoisotopic (exact) mass is 436 g/mol. The number of carbonyl (C=O) groups excluding carboxylic acids is 2. The normalized spacial score (nSPS) is 12.2. The maximum Gasteiger partial charge on any atom is 0.196 e. The minimum absolute atomic E-state index is 0.0954. The summed E-state index contributed by atoms with van der Waals surface area (Å²) >= 11 is 0. The zero-order valence-corrected chi connectivity index (χ0v) is 17.9. The fourth-order valence-electron chi connectivity index (χ4n) is 3.76. The van der Waals surface area contributed by atoms with Crippen LogP contribution in [0.15, 0.2) is 61.7 Å². The van der Waals surface area contributed by atoms with Crippen LogP contribution in [0.4, 0.5) is 11.4 Å². The molecule has 0 radical (unpaired) electrons. The number of hydrogen-bond donors (Lipinski definition) is 4. The number of aliphatic hydroxyl groups is 2. The number of rotatable bonds is 12. The summed E-state index contributed by atoms with van der Waals surface area (Å²) in [6.07, 6.45) is 3.33. The van der Waals surface area contributed by atoms with E-state index in [2.05, 4.69) is 24.0 Å². The van der Waals surface area contributed by atoms with Crippen LogP contribution in [0.3, 0.4) is 0 Å². The molecule has 0 amide bonds. The summed E-state index contributed by atoms with van der Waals surface area (Å²) in [6, 6.07) is 10.3. The molecule has 2 aromatic carbocycles. The lowest BCUT2D eigenvalue weighted by Crippen LogP contribution is -2.43. The lowest BCUT2D eigenvalue weighted by Gasteiger charge is -2.33. The maximum absolute atomic E-state index is 13.6. The van der Waals surface area contributed by atoms with Gasteiger partial charge in [-0.25, -0.2) is 10.9 Å². The van der Waals surface area contributed by atoms with E-state index in [1.807, 2.05) is 0 Å². The van der Waals surface area contributed by atoms with Crippen molar-refractivity contribution in [3.63, 3.8) is 0 Å². The van der Waals surface area contributed by atoms with E-state index in [0.29, 0.717) is 35.6 Å². The zero-order valence-electron chi connectivity index (χ0n) is 17.9.